The molecule has 1 saturated carbocycles. The summed E-state index contributed by atoms with van der Waals surface area (Å²) in [6, 6.07) is 8.81. The highest BCUT2D eigenvalue weighted by molar-refractivity contribution is 7.91. The predicted octanol–water partition coefficient (Wildman–Crippen LogP) is 0.940. The van der Waals surface area contributed by atoms with Gasteiger partial charge in [0.05, 0.1) is 36.1 Å². The van der Waals surface area contributed by atoms with E-state index in [4.69, 9.17) is 4.74 Å². The summed E-state index contributed by atoms with van der Waals surface area (Å²) >= 11 is 0. The van der Waals surface area contributed by atoms with Gasteiger partial charge in [0.15, 0.2) is 9.84 Å². The lowest BCUT2D eigenvalue weighted by atomic mass is 9.94. The van der Waals surface area contributed by atoms with Crippen LogP contribution in [-0.4, -0.2) is 61.9 Å². The van der Waals surface area contributed by atoms with E-state index in [-0.39, 0.29) is 24.5 Å². The Balaban J connectivity index is 1.76. The van der Waals surface area contributed by atoms with Crippen molar-refractivity contribution < 1.29 is 27.9 Å². The number of carboxylic acids is 1. The summed E-state index contributed by atoms with van der Waals surface area (Å²) in [5.41, 5.74) is 0.669. The van der Waals surface area contributed by atoms with E-state index in [1.54, 1.807) is 29.2 Å². The lowest BCUT2D eigenvalue weighted by molar-refractivity contribution is -0.150. The van der Waals surface area contributed by atoms with Crippen molar-refractivity contribution in [1.82, 2.24) is 4.90 Å². The first-order valence-electron chi connectivity index (χ1n) is 8.73. The average Bonchev–Trinajstić information content (AvgIpc) is 3.09. The van der Waals surface area contributed by atoms with Crippen LogP contribution in [0.1, 0.15) is 18.4 Å². The zero-order valence-electron chi connectivity index (χ0n) is 14.4. The molecule has 26 heavy (non-hydrogen) atoms. The molecule has 8 heteroatoms. The minimum Gasteiger partial charge on any atom is -0.481 e. The average molecular weight is 381 g/mol. The molecule has 7 nitrogen and oxygen atoms in total. The fraction of sp³-hybridized carbons (Fsp3) is 0.556. The second-order valence-corrected chi connectivity index (χ2v) is 9.16. The third kappa shape index (κ3) is 4.07. The maximum Gasteiger partial charge on any atom is 0.307 e. The van der Waals surface area contributed by atoms with Gasteiger partial charge >= 0.3 is 5.97 Å². The van der Waals surface area contributed by atoms with E-state index in [1.165, 1.54) is 0 Å². The summed E-state index contributed by atoms with van der Waals surface area (Å²) in [7, 11) is -3.54. The van der Waals surface area contributed by atoms with Crippen molar-refractivity contribution in [3.63, 3.8) is 0 Å². The predicted molar refractivity (Wildman–Crippen MR) is 94.1 cm³/mol. The van der Waals surface area contributed by atoms with Gasteiger partial charge in [-0.1, -0.05) is 30.3 Å². The summed E-state index contributed by atoms with van der Waals surface area (Å²) in [5, 5.41) is 8.71. The van der Waals surface area contributed by atoms with Crippen molar-refractivity contribution in [2.75, 3.05) is 26.3 Å². The molecule has 1 N–H and O–H groups in total. The molecule has 1 heterocycles. The molecular formula is C18H23NO6S. The molecule has 1 aromatic carbocycles. The van der Waals surface area contributed by atoms with Gasteiger partial charge in [-0.2, -0.15) is 0 Å². The Labute approximate surface area is 152 Å². The van der Waals surface area contributed by atoms with Gasteiger partial charge in [0.2, 0.25) is 5.91 Å². The molecule has 1 aliphatic carbocycles. The molecule has 142 valence electrons. The summed E-state index contributed by atoms with van der Waals surface area (Å²) in [6.07, 6.45) is 0.0631. The number of carbonyl (C=O) groups excluding carboxylic acids is 1. The van der Waals surface area contributed by atoms with Gasteiger partial charge in [0.1, 0.15) is 0 Å². The monoisotopic (exact) mass is 381 g/mol. The number of amides is 1. The first-order chi connectivity index (χ1) is 12.4. The van der Waals surface area contributed by atoms with Crippen LogP contribution in [0.5, 0.6) is 0 Å². The van der Waals surface area contributed by atoms with E-state index in [9.17, 15) is 23.1 Å². The van der Waals surface area contributed by atoms with Crippen LogP contribution in [0.2, 0.25) is 0 Å². The maximum absolute atomic E-state index is 12.8. The molecule has 1 aliphatic heterocycles. The quantitative estimate of drug-likeness (QED) is 0.815. The van der Waals surface area contributed by atoms with Crippen LogP contribution in [0.15, 0.2) is 30.3 Å². The number of aliphatic carboxylic acids is 1. The van der Waals surface area contributed by atoms with E-state index in [0.717, 1.165) is 0 Å². The highest BCUT2D eigenvalue weighted by Gasteiger charge is 2.48. The number of hydrogen-bond acceptors (Lipinski definition) is 5. The van der Waals surface area contributed by atoms with Crippen LogP contribution in [0.3, 0.4) is 0 Å². The Morgan fingerprint density at radius 3 is 2.31 bits per heavy atom. The second-order valence-electron chi connectivity index (χ2n) is 6.88. The molecule has 1 saturated heterocycles. The highest BCUT2D eigenvalue weighted by Crippen LogP contribution is 2.38. The molecule has 2 fully saturated rings. The molecule has 0 spiro atoms. The topological polar surface area (TPSA) is 101 Å². The fourth-order valence-electron chi connectivity index (χ4n) is 3.77. The lowest BCUT2D eigenvalue weighted by Crippen LogP contribution is -2.45. The summed E-state index contributed by atoms with van der Waals surface area (Å²) in [4.78, 5) is 26.0. The lowest BCUT2D eigenvalue weighted by Gasteiger charge is -2.30. The van der Waals surface area contributed by atoms with E-state index in [1.807, 2.05) is 6.07 Å². The minimum absolute atomic E-state index is 0.00868. The third-order valence-corrected chi connectivity index (χ3v) is 7.33. The second kappa shape index (κ2) is 7.75. The molecule has 3 atom stereocenters. The first-order valence-corrected chi connectivity index (χ1v) is 10.4. The largest absolute Gasteiger partial charge is 0.481 e. The first kappa shape index (κ1) is 18.8. The molecule has 1 amide bonds. The SMILES string of the molecule is O=C(O)C1CC(S(=O)(=O)Cc2ccccc2)CC1C(=O)N1CCOCC1. The third-order valence-electron chi connectivity index (χ3n) is 5.20. The minimum atomic E-state index is -3.54. The zero-order chi connectivity index (χ0) is 18.7. The van der Waals surface area contributed by atoms with E-state index in [2.05, 4.69) is 0 Å². The molecule has 0 aromatic heterocycles. The summed E-state index contributed by atoms with van der Waals surface area (Å²) in [6.45, 7) is 1.68. The fourth-order valence-corrected chi connectivity index (χ4v) is 5.67. The number of sulfone groups is 1. The van der Waals surface area contributed by atoms with Crippen LogP contribution in [-0.2, 0) is 29.9 Å². The summed E-state index contributed by atoms with van der Waals surface area (Å²) in [5.74, 6) is -3.25. The van der Waals surface area contributed by atoms with Gasteiger partial charge in [-0.25, -0.2) is 8.42 Å². The zero-order valence-corrected chi connectivity index (χ0v) is 15.2. The standard InChI is InChI=1S/C18H23NO6S/c20-17(19-6-8-25-9-7-19)15-10-14(11-16(15)18(21)22)26(23,24)12-13-4-2-1-3-5-13/h1-5,14-16H,6-12H2,(H,21,22). The normalized spacial score (nSPS) is 26.6. The van der Waals surface area contributed by atoms with Gasteiger partial charge in [0, 0.05) is 13.1 Å². The number of benzene rings is 1. The number of rotatable bonds is 5. The molecular weight excluding hydrogens is 358 g/mol. The van der Waals surface area contributed by atoms with Crippen molar-refractivity contribution in [1.29, 1.82) is 0 Å². The highest BCUT2D eigenvalue weighted by atomic mass is 32.2. The van der Waals surface area contributed by atoms with Crippen LogP contribution in [0, 0.1) is 11.8 Å². The Morgan fingerprint density at radius 2 is 1.69 bits per heavy atom. The number of carboxylic acid groups (broad SMARTS) is 1. The van der Waals surface area contributed by atoms with E-state index >= 15 is 0 Å². The van der Waals surface area contributed by atoms with Crippen LogP contribution < -0.4 is 0 Å². The number of hydrogen-bond donors (Lipinski definition) is 1. The molecule has 0 radical (unpaired) electrons. The van der Waals surface area contributed by atoms with Crippen molar-refractivity contribution in [2.24, 2.45) is 11.8 Å². The van der Waals surface area contributed by atoms with Gasteiger partial charge in [-0.15, -0.1) is 0 Å². The molecule has 3 unspecified atom stereocenters. The van der Waals surface area contributed by atoms with E-state index < -0.39 is 32.9 Å². The molecule has 3 rings (SSSR count). The van der Waals surface area contributed by atoms with Gasteiger partial charge in [-0.05, 0) is 18.4 Å². The van der Waals surface area contributed by atoms with Crippen LogP contribution in [0.4, 0.5) is 0 Å². The van der Waals surface area contributed by atoms with E-state index in [0.29, 0.717) is 31.9 Å². The van der Waals surface area contributed by atoms with Crippen molar-refractivity contribution in [3.05, 3.63) is 35.9 Å². The van der Waals surface area contributed by atoms with Crippen molar-refractivity contribution >= 4 is 21.7 Å². The number of morpholine rings is 1. The molecule has 1 aromatic rings. The Kier molecular flexibility index (Phi) is 5.62. The van der Waals surface area contributed by atoms with Crippen molar-refractivity contribution in [3.8, 4) is 0 Å². The van der Waals surface area contributed by atoms with Crippen molar-refractivity contribution in [2.45, 2.75) is 23.8 Å². The van der Waals surface area contributed by atoms with Crippen LogP contribution >= 0.6 is 0 Å². The summed E-state index contributed by atoms with van der Waals surface area (Å²) < 4.78 is 30.8. The van der Waals surface area contributed by atoms with Gasteiger partial charge in [-0.3, -0.25) is 9.59 Å². The Morgan fingerprint density at radius 1 is 1.08 bits per heavy atom. The number of nitrogens with zero attached hydrogens (tertiary/aromatic N) is 1. The molecule has 2 aliphatic rings. The molecule has 0 bridgehead atoms. The van der Waals surface area contributed by atoms with Gasteiger partial charge < -0.3 is 14.7 Å². The number of ether oxygens (including phenoxy) is 1. The Bertz CT molecular complexity index is 757. The van der Waals surface area contributed by atoms with Crippen LogP contribution in [0.25, 0.3) is 0 Å². The smallest absolute Gasteiger partial charge is 0.307 e. The number of carbonyl (C=O) groups is 2. The van der Waals surface area contributed by atoms with Gasteiger partial charge in [0.25, 0.3) is 0 Å². The Hall–Kier alpha value is -1.93. The maximum atomic E-state index is 12.8.